The summed E-state index contributed by atoms with van der Waals surface area (Å²) in [5.41, 5.74) is 9.84. The number of nitrogens with zero attached hydrogens (tertiary/aromatic N) is 1. The Morgan fingerprint density at radius 3 is 2.71 bits per heavy atom. The molecule has 6 heteroatoms. The molecule has 0 aliphatic heterocycles. The maximum Gasteiger partial charge on any atom is 0.135 e. The number of hydrogen-bond acceptors (Lipinski definition) is 5. The molecule has 1 aromatic carbocycles. The van der Waals surface area contributed by atoms with E-state index in [1.807, 2.05) is 20.2 Å². The van der Waals surface area contributed by atoms with Crippen molar-refractivity contribution in [2.45, 2.75) is 0 Å². The van der Waals surface area contributed by atoms with Gasteiger partial charge in [-0.05, 0) is 36.1 Å². The molecule has 0 aliphatic carbocycles. The van der Waals surface area contributed by atoms with E-state index < -0.39 is 0 Å². The van der Waals surface area contributed by atoms with E-state index >= 15 is 0 Å². The molecule has 0 aromatic heterocycles. The van der Waals surface area contributed by atoms with Crippen LogP contribution in [0.3, 0.4) is 0 Å². The van der Waals surface area contributed by atoms with Crippen LogP contribution in [0, 0.1) is 0 Å². The lowest BCUT2D eigenvalue weighted by Gasteiger charge is -2.14. The van der Waals surface area contributed by atoms with E-state index in [1.165, 1.54) is 7.11 Å². The first-order valence-corrected chi connectivity index (χ1v) is 5.99. The third kappa shape index (κ3) is 4.41. The summed E-state index contributed by atoms with van der Waals surface area (Å²) in [5, 5.41) is 0. The van der Waals surface area contributed by atoms with Gasteiger partial charge in [0.2, 0.25) is 0 Å². The van der Waals surface area contributed by atoms with Gasteiger partial charge in [-0.1, -0.05) is 0 Å². The molecular formula is C11H18BrN3O2. The van der Waals surface area contributed by atoms with Gasteiger partial charge in [-0.15, -0.1) is 0 Å². The Morgan fingerprint density at radius 1 is 1.41 bits per heavy atom. The van der Waals surface area contributed by atoms with Crippen molar-refractivity contribution in [3.63, 3.8) is 0 Å². The van der Waals surface area contributed by atoms with Crippen LogP contribution in [0.5, 0.6) is 5.75 Å². The number of nitrogen functional groups attached to an aromatic ring is 1. The Labute approximate surface area is 110 Å². The normalized spacial score (nSPS) is 10.6. The molecule has 1 aromatic rings. The summed E-state index contributed by atoms with van der Waals surface area (Å²) in [5.74, 6) is 0.728. The minimum Gasteiger partial charge on any atom is -0.491 e. The van der Waals surface area contributed by atoms with Crippen LogP contribution in [0.4, 0.5) is 11.4 Å². The Kier molecular flexibility index (Phi) is 5.54. The van der Waals surface area contributed by atoms with Crippen LogP contribution in [0.15, 0.2) is 16.6 Å². The minimum absolute atomic E-state index is 0.579. The van der Waals surface area contributed by atoms with E-state index in [0.29, 0.717) is 18.0 Å². The van der Waals surface area contributed by atoms with Crippen LogP contribution in [-0.4, -0.2) is 39.3 Å². The highest BCUT2D eigenvalue weighted by atomic mass is 79.9. The molecule has 5 nitrogen and oxygen atoms in total. The Balaban J connectivity index is 2.70. The maximum absolute atomic E-state index is 5.85. The lowest BCUT2D eigenvalue weighted by molar-refractivity contribution is 0.260. The predicted molar refractivity (Wildman–Crippen MR) is 73.2 cm³/mol. The van der Waals surface area contributed by atoms with Crippen LogP contribution in [-0.2, 0) is 4.84 Å². The van der Waals surface area contributed by atoms with Gasteiger partial charge in [-0.3, -0.25) is 10.3 Å². The summed E-state index contributed by atoms with van der Waals surface area (Å²) in [6, 6.07) is 3.59. The average Bonchev–Trinajstić information content (AvgIpc) is 2.24. The van der Waals surface area contributed by atoms with Crippen LogP contribution in [0.1, 0.15) is 0 Å². The maximum atomic E-state index is 5.85. The number of likely N-dealkylation sites (N-methyl/N-ethyl adjacent to an activating group) is 1. The van der Waals surface area contributed by atoms with Gasteiger partial charge in [0.25, 0.3) is 0 Å². The van der Waals surface area contributed by atoms with Crippen LogP contribution < -0.4 is 16.0 Å². The van der Waals surface area contributed by atoms with Gasteiger partial charge in [0.15, 0.2) is 0 Å². The molecule has 17 heavy (non-hydrogen) atoms. The first kappa shape index (κ1) is 14.1. The molecule has 0 aliphatic rings. The summed E-state index contributed by atoms with van der Waals surface area (Å²) in [6.07, 6.45) is 0. The van der Waals surface area contributed by atoms with Gasteiger partial charge in [0.05, 0.1) is 23.0 Å². The number of benzene rings is 1. The van der Waals surface area contributed by atoms with Gasteiger partial charge in [-0.2, -0.15) is 0 Å². The molecule has 0 spiro atoms. The van der Waals surface area contributed by atoms with Gasteiger partial charge < -0.3 is 15.4 Å². The summed E-state index contributed by atoms with van der Waals surface area (Å²) in [4.78, 5) is 6.87. The van der Waals surface area contributed by atoms with Crippen molar-refractivity contribution in [1.82, 2.24) is 4.90 Å². The van der Waals surface area contributed by atoms with Crippen molar-refractivity contribution in [1.29, 1.82) is 0 Å². The first-order valence-electron chi connectivity index (χ1n) is 5.20. The first-order chi connectivity index (χ1) is 8.04. The number of halogens is 1. The van der Waals surface area contributed by atoms with Gasteiger partial charge >= 0.3 is 0 Å². The second-order valence-electron chi connectivity index (χ2n) is 3.83. The van der Waals surface area contributed by atoms with Crippen molar-refractivity contribution >= 4 is 27.3 Å². The van der Waals surface area contributed by atoms with Crippen molar-refractivity contribution in [2.24, 2.45) is 0 Å². The standard InChI is InChI=1S/C11H18BrN3O2/c1-15(2)4-5-17-11-7-9(13)10(14-16-3)6-8(11)12/h6-7,14H,4-5,13H2,1-3H3. The average molecular weight is 304 g/mol. The van der Waals surface area contributed by atoms with Crippen LogP contribution >= 0.6 is 15.9 Å². The monoisotopic (exact) mass is 303 g/mol. The highest BCUT2D eigenvalue weighted by Gasteiger charge is 2.07. The highest BCUT2D eigenvalue weighted by Crippen LogP contribution is 2.33. The second-order valence-corrected chi connectivity index (χ2v) is 4.68. The molecule has 0 amide bonds. The molecule has 0 atom stereocenters. The van der Waals surface area contributed by atoms with E-state index in [4.69, 9.17) is 15.3 Å². The van der Waals surface area contributed by atoms with Gasteiger partial charge in [0, 0.05) is 12.6 Å². The smallest absolute Gasteiger partial charge is 0.135 e. The zero-order valence-electron chi connectivity index (χ0n) is 10.3. The largest absolute Gasteiger partial charge is 0.491 e. The fourth-order valence-corrected chi connectivity index (χ4v) is 1.67. The third-order valence-electron chi connectivity index (χ3n) is 2.11. The molecule has 0 heterocycles. The van der Waals surface area contributed by atoms with Crippen molar-refractivity contribution in [3.8, 4) is 5.75 Å². The van der Waals surface area contributed by atoms with Gasteiger partial charge in [-0.25, -0.2) is 0 Å². The topological polar surface area (TPSA) is 59.8 Å². The Bertz CT molecular complexity index is 372. The van der Waals surface area contributed by atoms with Crippen LogP contribution in [0.25, 0.3) is 0 Å². The molecule has 0 unspecified atom stereocenters. The van der Waals surface area contributed by atoms with Crippen molar-refractivity contribution in [3.05, 3.63) is 16.6 Å². The number of hydrogen-bond donors (Lipinski definition) is 2. The molecule has 3 N–H and O–H groups in total. The SMILES string of the molecule is CONc1cc(Br)c(OCCN(C)C)cc1N. The van der Waals surface area contributed by atoms with E-state index in [1.54, 1.807) is 6.07 Å². The number of nitrogens with one attached hydrogen (secondary N) is 1. The highest BCUT2D eigenvalue weighted by molar-refractivity contribution is 9.10. The van der Waals surface area contributed by atoms with Crippen LogP contribution in [0.2, 0.25) is 0 Å². The summed E-state index contributed by atoms with van der Waals surface area (Å²) in [7, 11) is 5.53. The lowest BCUT2D eigenvalue weighted by Crippen LogP contribution is -2.19. The van der Waals surface area contributed by atoms with Crippen molar-refractivity contribution < 1.29 is 9.57 Å². The summed E-state index contributed by atoms with van der Waals surface area (Å²) >= 11 is 3.43. The fraction of sp³-hybridized carbons (Fsp3) is 0.455. The Hall–Kier alpha value is -0.980. The van der Waals surface area contributed by atoms with Crippen molar-refractivity contribution in [2.75, 3.05) is 45.6 Å². The molecule has 0 saturated heterocycles. The zero-order chi connectivity index (χ0) is 12.8. The summed E-state index contributed by atoms with van der Waals surface area (Å²) < 4.78 is 6.46. The van der Waals surface area contributed by atoms with E-state index in [-0.39, 0.29) is 0 Å². The number of rotatable bonds is 6. The van der Waals surface area contributed by atoms with Gasteiger partial charge in [0.1, 0.15) is 12.4 Å². The minimum atomic E-state index is 0.579. The molecule has 0 fully saturated rings. The van der Waals surface area contributed by atoms with E-state index in [0.717, 1.165) is 16.8 Å². The molecule has 0 saturated carbocycles. The second kappa shape index (κ2) is 6.68. The fourth-order valence-electron chi connectivity index (χ4n) is 1.22. The molecular weight excluding hydrogens is 286 g/mol. The molecule has 1 rings (SSSR count). The molecule has 0 radical (unpaired) electrons. The lowest BCUT2D eigenvalue weighted by atomic mass is 10.2. The van der Waals surface area contributed by atoms with E-state index in [2.05, 4.69) is 26.3 Å². The van der Waals surface area contributed by atoms with E-state index in [9.17, 15) is 0 Å². The molecule has 96 valence electrons. The number of anilines is 2. The quantitative estimate of drug-likeness (QED) is 0.621. The predicted octanol–water partition coefficient (Wildman–Crippen LogP) is 1.94. The zero-order valence-corrected chi connectivity index (χ0v) is 11.9. The summed E-state index contributed by atoms with van der Waals surface area (Å²) in [6.45, 7) is 1.46. The number of nitrogens with two attached hydrogens (primary N) is 1. The Morgan fingerprint density at radius 2 is 2.12 bits per heavy atom. The number of ether oxygens (including phenoxy) is 1. The third-order valence-corrected chi connectivity index (χ3v) is 2.73. The molecule has 0 bridgehead atoms.